The molecule has 2 aliphatic carbocycles. The Morgan fingerprint density at radius 1 is 1.20 bits per heavy atom. The lowest BCUT2D eigenvalue weighted by Crippen LogP contribution is -2.23. The molecule has 1 N–H and O–H groups in total. The highest BCUT2D eigenvalue weighted by molar-refractivity contribution is 5.92. The number of allylic oxidation sites excluding steroid dienone is 5. The average molecular weight is 482 g/mol. The molecule has 1 heterocycles. The summed E-state index contributed by atoms with van der Waals surface area (Å²) in [6.07, 6.45) is 20.2. The molecule has 0 saturated heterocycles. The van der Waals surface area contributed by atoms with Crippen LogP contribution in [-0.2, 0) is 11.3 Å². The van der Waals surface area contributed by atoms with Crippen LogP contribution in [0.2, 0.25) is 0 Å². The first kappa shape index (κ1) is 29.1. The SMILES string of the molecule is C=C(C)CC(CC)C(=O)Nc1cc(C2=CCCCC(CCC)=C2)n(CCC2CCCCC2)n1.CC. The molecule has 0 aromatic carbocycles. The van der Waals surface area contributed by atoms with Crippen molar-refractivity contribution in [1.82, 2.24) is 9.78 Å². The van der Waals surface area contributed by atoms with Crippen LogP contribution in [0.3, 0.4) is 0 Å². The number of carbonyl (C=O) groups excluding carboxylic acids is 1. The first-order chi connectivity index (χ1) is 17.0. The van der Waals surface area contributed by atoms with Gasteiger partial charge in [0.25, 0.3) is 0 Å². The summed E-state index contributed by atoms with van der Waals surface area (Å²) >= 11 is 0. The lowest BCUT2D eigenvalue weighted by molar-refractivity contribution is -0.120. The Morgan fingerprint density at radius 3 is 2.60 bits per heavy atom. The zero-order valence-electron chi connectivity index (χ0n) is 23.3. The van der Waals surface area contributed by atoms with Crippen molar-refractivity contribution < 1.29 is 4.79 Å². The number of hydrogen-bond donors (Lipinski definition) is 1. The van der Waals surface area contributed by atoms with Crippen LogP contribution in [0.5, 0.6) is 0 Å². The smallest absolute Gasteiger partial charge is 0.228 e. The Balaban J connectivity index is 0.00000210. The normalized spacial score (nSPS) is 17.4. The van der Waals surface area contributed by atoms with Gasteiger partial charge >= 0.3 is 0 Å². The van der Waals surface area contributed by atoms with Gasteiger partial charge in [0, 0.05) is 18.5 Å². The van der Waals surface area contributed by atoms with E-state index in [2.05, 4.69) is 48.6 Å². The summed E-state index contributed by atoms with van der Waals surface area (Å²) in [5.41, 5.74) is 5.03. The highest BCUT2D eigenvalue weighted by atomic mass is 16.2. The fourth-order valence-electron chi connectivity index (χ4n) is 5.37. The molecular weight excluding hydrogens is 430 g/mol. The maximum atomic E-state index is 12.9. The van der Waals surface area contributed by atoms with Gasteiger partial charge in [-0.3, -0.25) is 9.48 Å². The zero-order valence-corrected chi connectivity index (χ0v) is 23.3. The van der Waals surface area contributed by atoms with Gasteiger partial charge in [-0.05, 0) is 63.4 Å². The molecule has 196 valence electrons. The van der Waals surface area contributed by atoms with Crippen molar-refractivity contribution in [2.45, 2.75) is 125 Å². The van der Waals surface area contributed by atoms with E-state index in [1.807, 2.05) is 20.8 Å². The molecule has 1 saturated carbocycles. The number of rotatable bonds is 11. The van der Waals surface area contributed by atoms with Crippen molar-refractivity contribution in [3.63, 3.8) is 0 Å². The van der Waals surface area contributed by atoms with Crippen molar-refractivity contribution in [3.8, 4) is 0 Å². The Morgan fingerprint density at radius 2 is 1.94 bits per heavy atom. The topological polar surface area (TPSA) is 46.9 Å². The van der Waals surface area contributed by atoms with Gasteiger partial charge in [0.2, 0.25) is 5.91 Å². The molecule has 1 aromatic heterocycles. The lowest BCUT2D eigenvalue weighted by atomic mass is 9.87. The van der Waals surface area contributed by atoms with Gasteiger partial charge in [-0.25, -0.2) is 0 Å². The number of anilines is 1. The third-order valence-corrected chi connectivity index (χ3v) is 7.26. The summed E-state index contributed by atoms with van der Waals surface area (Å²) in [5.74, 6) is 1.50. The molecule has 0 bridgehead atoms. The molecule has 1 amide bonds. The van der Waals surface area contributed by atoms with E-state index < -0.39 is 0 Å². The fourth-order valence-corrected chi connectivity index (χ4v) is 5.37. The molecule has 0 radical (unpaired) electrons. The van der Waals surface area contributed by atoms with E-state index in [0.717, 1.165) is 49.4 Å². The maximum Gasteiger partial charge on any atom is 0.228 e. The van der Waals surface area contributed by atoms with Crippen molar-refractivity contribution in [3.05, 3.63) is 41.6 Å². The van der Waals surface area contributed by atoms with Crippen LogP contribution in [0, 0.1) is 11.8 Å². The van der Waals surface area contributed by atoms with Gasteiger partial charge in [0.05, 0.1) is 5.69 Å². The van der Waals surface area contributed by atoms with Crippen LogP contribution < -0.4 is 5.32 Å². The molecule has 35 heavy (non-hydrogen) atoms. The van der Waals surface area contributed by atoms with Crippen LogP contribution >= 0.6 is 0 Å². The second-order valence-corrected chi connectivity index (χ2v) is 10.3. The molecular formula is C31H51N3O. The van der Waals surface area contributed by atoms with Gasteiger partial charge in [0.1, 0.15) is 0 Å². The standard InChI is InChI=1S/C29H45N3O.C2H6/c1-5-12-24-15-10-11-16-26(20-24)27-21-28(30-29(33)25(6-2)19-22(3)4)31-32(27)18-17-23-13-8-7-9-14-23;1-2/h16,20-21,23,25H,3,5-15,17-19H2,1-2,4H3,(H,30,31,33);1-2H3. The Labute approximate surface area is 215 Å². The number of aryl methyl sites for hydroxylation is 1. The van der Waals surface area contributed by atoms with E-state index in [4.69, 9.17) is 5.10 Å². The van der Waals surface area contributed by atoms with E-state index in [1.165, 1.54) is 63.4 Å². The summed E-state index contributed by atoms with van der Waals surface area (Å²) in [4.78, 5) is 12.9. The van der Waals surface area contributed by atoms with E-state index >= 15 is 0 Å². The van der Waals surface area contributed by atoms with Crippen molar-refractivity contribution in [2.24, 2.45) is 11.8 Å². The van der Waals surface area contributed by atoms with E-state index in [1.54, 1.807) is 5.57 Å². The van der Waals surface area contributed by atoms with Gasteiger partial charge in [-0.2, -0.15) is 5.10 Å². The third-order valence-electron chi connectivity index (χ3n) is 7.26. The van der Waals surface area contributed by atoms with Gasteiger partial charge in [-0.1, -0.05) is 89.5 Å². The van der Waals surface area contributed by atoms with Crippen molar-refractivity contribution in [1.29, 1.82) is 0 Å². The zero-order chi connectivity index (χ0) is 25.6. The van der Waals surface area contributed by atoms with Crippen LogP contribution in [-0.4, -0.2) is 15.7 Å². The monoisotopic (exact) mass is 481 g/mol. The quantitative estimate of drug-likeness (QED) is 0.320. The van der Waals surface area contributed by atoms with Gasteiger partial charge in [0.15, 0.2) is 5.82 Å². The second-order valence-electron chi connectivity index (χ2n) is 10.3. The van der Waals surface area contributed by atoms with Gasteiger partial charge in [-0.15, -0.1) is 6.58 Å². The van der Waals surface area contributed by atoms with E-state index in [-0.39, 0.29) is 11.8 Å². The van der Waals surface area contributed by atoms with Crippen molar-refractivity contribution in [2.75, 3.05) is 5.32 Å². The minimum Gasteiger partial charge on any atom is -0.309 e. The Kier molecular flexibility index (Phi) is 13.2. The molecule has 1 aromatic rings. The summed E-state index contributed by atoms with van der Waals surface area (Å²) < 4.78 is 2.17. The number of aromatic nitrogens is 2. The highest BCUT2D eigenvalue weighted by Crippen LogP contribution is 2.31. The lowest BCUT2D eigenvalue weighted by Gasteiger charge is -2.21. The van der Waals surface area contributed by atoms with Crippen LogP contribution in [0.25, 0.3) is 5.57 Å². The summed E-state index contributed by atoms with van der Waals surface area (Å²) in [5, 5.41) is 8.03. The molecule has 0 aliphatic heterocycles. The first-order valence-electron chi connectivity index (χ1n) is 14.4. The number of amides is 1. The largest absolute Gasteiger partial charge is 0.309 e. The van der Waals surface area contributed by atoms with E-state index in [9.17, 15) is 4.79 Å². The van der Waals surface area contributed by atoms with Crippen LogP contribution in [0.15, 0.2) is 35.9 Å². The van der Waals surface area contributed by atoms with Gasteiger partial charge < -0.3 is 5.32 Å². The molecule has 4 heteroatoms. The Bertz CT molecular complexity index is 851. The molecule has 1 fully saturated rings. The number of hydrogen-bond acceptors (Lipinski definition) is 2. The minimum absolute atomic E-state index is 0.0495. The summed E-state index contributed by atoms with van der Waals surface area (Å²) in [6, 6.07) is 2.10. The third kappa shape index (κ3) is 9.46. The first-order valence-corrected chi connectivity index (χ1v) is 14.4. The molecule has 0 spiro atoms. The summed E-state index contributed by atoms with van der Waals surface area (Å²) in [6.45, 7) is 15.2. The van der Waals surface area contributed by atoms with Crippen molar-refractivity contribution >= 4 is 17.3 Å². The molecule has 2 aliphatic rings. The number of nitrogens with one attached hydrogen (secondary N) is 1. The van der Waals surface area contributed by atoms with Crippen LogP contribution in [0.4, 0.5) is 5.82 Å². The highest BCUT2D eigenvalue weighted by Gasteiger charge is 2.21. The maximum absolute atomic E-state index is 12.9. The Hall–Kier alpha value is -2.10. The fraction of sp³-hybridized carbons (Fsp3) is 0.677. The van der Waals surface area contributed by atoms with E-state index in [0.29, 0.717) is 5.82 Å². The number of nitrogens with zero attached hydrogens (tertiary/aromatic N) is 2. The average Bonchev–Trinajstić information content (AvgIpc) is 3.11. The number of carbonyl (C=O) groups is 1. The minimum atomic E-state index is -0.0495. The predicted molar refractivity (Wildman–Crippen MR) is 151 cm³/mol. The molecule has 1 unspecified atom stereocenters. The second kappa shape index (κ2) is 15.8. The predicted octanol–water partition coefficient (Wildman–Crippen LogP) is 9.10. The molecule has 4 nitrogen and oxygen atoms in total. The summed E-state index contributed by atoms with van der Waals surface area (Å²) in [7, 11) is 0. The van der Waals surface area contributed by atoms with Crippen LogP contribution in [0.1, 0.15) is 124 Å². The molecule has 3 rings (SSSR count). The molecule has 1 atom stereocenters.